The first-order valence-corrected chi connectivity index (χ1v) is 13.0. The Balaban J connectivity index is 1.58. The second-order valence-electron chi connectivity index (χ2n) is 9.31. The van der Waals surface area contributed by atoms with Crippen molar-refractivity contribution in [1.82, 2.24) is 0 Å². The summed E-state index contributed by atoms with van der Waals surface area (Å²) >= 11 is 0. The Hall–Kier alpha value is -4.94. The highest BCUT2D eigenvalue weighted by molar-refractivity contribution is 5.80. The Bertz CT molecular complexity index is 1380. The lowest BCUT2D eigenvalue weighted by atomic mass is 9.77. The van der Waals surface area contributed by atoms with Gasteiger partial charge in [0.2, 0.25) is 0 Å². The molecule has 6 rings (SSSR count). The zero-order chi connectivity index (χ0) is 25.6. The van der Waals surface area contributed by atoms with Gasteiger partial charge in [0.05, 0.1) is 56.3 Å². The second kappa shape index (κ2) is 11.0. The molecule has 178 valence electrons. The number of hydrogen-bond acceptors (Lipinski definition) is 0. The Morgan fingerprint density at radius 2 is 0.474 bits per heavy atom. The van der Waals surface area contributed by atoms with Crippen LogP contribution in [0.4, 0.5) is 0 Å². The largest absolute Gasteiger partial charge is 0.0674 e. The summed E-state index contributed by atoms with van der Waals surface area (Å²) in [5, 5.41) is 0. The zero-order valence-electron chi connectivity index (χ0n) is 21.2. The monoisotopic (exact) mass is 484 g/mol. The molecule has 0 spiro atoms. The predicted octanol–water partition coefficient (Wildman–Crippen LogP) is 9.39. The van der Waals surface area contributed by atoms with Gasteiger partial charge in [-0.15, -0.1) is 0 Å². The Morgan fingerprint density at radius 1 is 0.237 bits per heavy atom. The normalized spacial score (nSPS) is 10.6. The van der Waals surface area contributed by atoms with Crippen LogP contribution in [0.2, 0.25) is 0 Å². The third-order valence-electron chi connectivity index (χ3n) is 6.93. The minimum Gasteiger partial charge on any atom is -0.0511 e. The average Bonchev–Trinajstić information content (AvgIpc) is 3.00. The van der Waals surface area contributed by atoms with Crippen LogP contribution in [0.5, 0.6) is 0 Å². The molecule has 0 aliphatic rings. The zero-order valence-corrected chi connectivity index (χ0v) is 21.2. The molecule has 0 fully saturated rings. The van der Waals surface area contributed by atoms with Gasteiger partial charge in [-0.2, -0.15) is 0 Å². The van der Waals surface area contributed by atoms with Gasteiger partial charge < -0.3 is 0 Å². The highest BCUT2D eigenvalue weighted by Crippen LogP contribution is 2.42. The summed E-state index contributed by atoms with van der Waals surface area (Å²) < 4.78 is 0. The molecule has 0 N–H and O–H groups in total. The standard InChI is InChI=1S/C38H28/c1-5-17-29(18-6-1)37(30-19-7-2-8-20-30)35-27-15-13-25-33(35)34-26-14-16-28-36(34)38(31-21-9-3-10-22-31)32-23-11-4-12-24-32/h1-28H/q+2. The van der Waals surface area contributed by atoms with Crippen LogP contribution in [0.15, 0.2) is 170 Å². The lowest BCUT2D eigenvalue weighted by molar-refractivity contribution is 1.21. The van der Waals surface area contributed by atoms with Gasteiger partial charge in [0, 0.05) is 0 Å². The molecule has 6 aromatic carbocycles. The summed E-state index contributed by atoms with van der Waals surface area (Å²) in [6, 6.07) is 60.5. The van der Waals surface area contributed by atoms with Crippen LogP contribution in [0.3, 0.4) is 0 Å². The van der Waals surface area contributed by atoms with Crippen LogP contribution in [-0.2, 0) is 0 Å². The molecule has 0 unspecified atom stereocenters. The van der Waals surface area contributed by atoms with E-state index in [-0.39, 0.29) is 0 Å². The Kier molecular flexibility index (Phi) is 6.78. The molecule has 0 aromatic heterocycles. The van der Waals surface area contributed by atoms with Crippen molar-refractivity contribution in [3.05, 3.63) is 215 Å². The molecule has 0 nitrogen and oxygen atoms in total. The van der Waals surface area contributed by atoms with Crippen molar-refractivity contribution in [2.45, 2.75) is 0 Å². The Morgan fingerprint density at radius 3 is 0.763 bits per heavy atom. The molecule has 0 heteroatoms. The van der Waals surface area contributed by atoms with Gasteiger partial charge >= 0.3 is 0 Å². The quantitative estimate of drug-likeness (QED) is 0.156. The van der Waals surface area contributed by atoms with Gasteiger partial charge in [0.1, 0.15) is 0 Å². The number of benzene rings is 6. The fraction of sp³-hybridized carbons (Fsp3) is 0. The molecule has 0 heterocycles. The van der Waals surface area contributed by atoms with Crippen molar-refractivity contribution in [3.63, 3.8) is 0 Å². The molecule has 0 saturated carbocycles. The first kappa shape index (κ1) is 23.5. The van der Waals surface area contributed by atoms with E-state index in [0.29, 0.717) is 0 Å². The SMILES string of the molecule is c1ccc([C+](c2ccccc2)c2ccccc2-c2ccccc2[C+](c2ccccc2)c2ccccc2)cc1. The minimum absolute atomic E-state index is 1.21. The third kappa shape index (κ3) is 4.73. The van der Waals surface area contributed by atoms with E-state index in [1.165, 1.54) is 56.3 Å². The van der Waals surface area contributed by atoms with Crippen LogP contribution in [0, 0.1) is 11.8 Å². The van der Waals surface area contributed by atoms with Crippen molar-refractivity contribution >= 4 is 0 Å². The smallest absolute Gasteiger partial charge is 0.0511 e. The van der Waals surface area contributed by atoms with Crippen LogP contribution in [-0.4, -0.2) is 0 Å². The van der Waals surface area contributed by atoms with E-state index in [0.717, 1.165) is 0 Å². The van der Waals surface area contributed by atoms with Gasteiger partial charge in [-0.25, -0.2) is 0 Å². The van der Waals surface area contributed by atoms with E-state index in [2.05, 4.69) is 170 Å². The fourth-order valence-electron chi connectivity index (χ4n) is 5.25. The predicted molar refractivity (Wildman–Crippen MR) is 159 cm³/mol. The van der Waals surface area contributed by atoms with Gasteiger partial charge in [-0.3, -0.25) is 0 Å². The van der Waals surface area contributed by atoms with Crippen LogP contribution < -0.4 is 0 Å². The highest BCUT2D eigenvalue weighted by Gasteiger charge is 2.31. The average molecular weight is 485 g/mol. The summed E-state index contributed by atoms with van der Waals surface area (Å²) in [5.74, 6) is 2.47. The molecule has 6 aromatic rings. The molecule has 0 radical (unpaired) electrons. The van der Waals surface area contributed by atoms with Crippen molar-refractivity contribution in [3.8, 4) is 11.1 Å². The lowest BCUT2D eigenvalue weighted by Crippen LogP contribution is -2.09. The van der Waals surface area contributed by atoms with Gasteiger partial charge in [-0.05, 0) is 146 Å². The second-order valence-corrected chi connectivity index (χ2v) is 9.31. The van der Waals surface area contributed by atoms with Gasteiger partial charge in [-0.1, -0.05) is 24.3 Å². The van der Waals surface area contributed by atoms with Gasteiger partial charge in [0.25, 0.3) is 0 Å². The molecule has 0 aliphatic heterocycles. The maximum Gasteiger partial charge on any atom is 0.0674 e. The summed E-state index contributed by atoms with van der Waals surface area (Å²) in [6.45, 7) is 0. The maximum atomic E-state index is 2.26. The molecular weight excluding hydrogens is 456 g/mol. The van der Waals surface area contributed by atoms with E-state index in [4.69, 9.17) is 0 Å². The van der Waals surface area contributed by atoms with E-state index < -0.39 is 0 Å². The highest BCUT2D eigenvalue weighted by atomic mass is 14.3. The topological polar surface area (TPSA) is 0 Å². The summed E-state index contributed by atoms with van der Waals surface area (Å²) in [7, 11) is 0. The molecule has 0 aliphatic carbocycles. The first-order chi connectivity index (χ1) is 18.9. The van der Waals surface area contributed by atoms with Crippen molar-refractivity contribution in [2.24, 2.45) is 0 Å². The van der Waals surface area contributed by atoms with Gasteiger partial charge in [0.15, 0.2) is 0 Å². The van der Waals surface area contributed by atoms with Crippen molar-refractivity contribution in [2.75, 3.05) is 0 Å². The number of rotatable bonds is 7. The fourth-order valence-corrected chi connectivity index (χ4v) is 5.25. The molecule has 0 atom stereocenters. The van der Waals surface area contributed by atoms with Crippen LogP contribution >= 0.6 is 0 Å². The third-order valence-corrected chi connectivity index (χ3v) is 6.93. The molecule has 0 amide bonds. The van der Waals surface area contributed by atoms with Crippen molar-refractivity contribution < 1.29 is 0 Å². The van der Waals surface area contributed by atoms with Crippen LogP contribution in [0.25, 0.3) is 11.1 Å². The first-order valence-electron chi connectivity index (χ1n) is 13.0. The molecule has 38 heavy (non-hydrogen) atoms. The van der Waals surface area contributed by atoms with E-state index in [9.17, 15) is 0 Å². The molecular formula is C38H28+2. The van der Waals surface area contributed by atoms with E-state index in [1.807, 2.05) is 0 Å². The van der Waals surface area contributed by atoms with E-state index in [1.54, 1.807) is 0 Å². The van der Waals surface area contributed by atoms with Crippen LogP contribution in [0.1, 0.15) is 33.4 Å². The Labute approximate surface area is 225 Å². The minimum atomic E-state index is 1.21. The van der Waals surface area contributed by atoms with E-state index >= 15 is 0 Å². The molecule has 0 saturated heterocycles. The summed E-state index contributed by atoms with van der Waals surface area (Å²) in [5.41, 5.74) is 9.71. The summed E-state index contributed by atoms with van der Waals surface area (Å²) in [6.07, 6.45) is 0. The van der Waals surface area contributed by atoms with Crippen molar-refractivity contribution in [1.29, 1.82) is 0 Å². The number of hydrogen-bond donors (Lipinski definition) is 0. The maximum absolute atomic E-state index is 2.26. The summed E-state index contributed by atoms with van der Waals surface area (Å²) in [4.78, 5) is 0. The lowest BCUT2D eigenvalue weighted by Gasteiger charge is -2.19. The molecule has 0 bridgehead atoms.